The topological polar surface area (TPSA) is 90.9 Å². The number of methoxy groups -OCH3 is 1. The summed E-state index contributed by atoms with van der Waals surface area (Å²) in [5.41, 5.74) is 1.77. The summed E-state index contributed by atoms with van der Waals surface area (Å²) in [7, 11) is 1.52. The quantitative estimate of drug-likeness (QED) is 0.495. The van der Waals surface area contributed by atoms with E-state index in [0.29, 0.717) is 22.8 Å². The molecule has 0 fully saturated rings. The van der Waals surface area contributed by atoms with Gasteiger partial charge in [-0.25, -0.2) is 4.79 Å². The van der Waals surface area contributed by atoms with Crippen LogP contribution in [0.15, 0.2) is 57.4 Å². The zero-order valence-electron chi connectivity index (χ0n) is 16.1. The van der Waals surface area contributed by atoms with Crippen LogP contribution in [0, 0.1) is 6.92 Å². The monoisotopic (exact) mass is 393 g/mol. The van der Waals surface area contributed by atoms with Crippen LogP contribution >= 0.6 is 0 Å². The van der Waals surface area contributed by atoms with Crippen molar-refractivity contribution in [2.75, 3.05) is 12.4 Å². The molecule has 1 unspecified atom stereocenters. The normalized spacial score (nSPS) is 12.1. The van der Waals surface area contributed by atoms with E-state index in [9.17, 15) is 9.59 Å². The minimum Gasteiger partial charge on any atom is -0.495 e. The van der Waals surface area contributed by atoms with E-state index in [2.05, 4.69) is 5.32 Å². The molecule has 2 heterocycles. The Morgan fingerprint density at radius 3 is 2.52 bits per heavy atom. The van der Waals surface area contributed by atoms with Crippen LogP contribution in [0.5, 0.6) is 5.75 Å². The minimum absolute atomic E-state index is 0.0448. The van der Waals surface area contributed by atoms with E-state index in [1.165, 1.54) is 20.1 Å². The van der Waals surface area contributed by atoms with Gasteiger partial charge in [-0.05, 0) is 38.1 Å². The number of anilines is 1. The summed E-state index contributed by atoms with van der Waals surface area (Å²) in [5, 5.41) is 4.56. The van der Waals surface area contributed by atoms with E-state index in [1.54, 1.807) is 25.1 Å². The summed E-state index contributed by atoms with van der Waals surface area (Å²) in [6, 6.07) is 14.3. The smallest absolute Gasteiger partial charge is 0.375 e. The third-order valence-corrected chi connectivity index (χ3v) is 4.55. The van der Waals surface area contributed by atoms with E-state index in [-0.39, 0.29) is 5.76 Å². The number of aryl methyl sites for hydroxylation is 1. The number of rotatable bonds is 5. The van der Waals surface area contributed by atoms with Crippen molar-refractivity contribution in [1.29, 1.82) is 0 Å². The van der Waals surface area contributed by atoms with Crippen molar-refractivity contribution in [3.05, 3.63) is 60.1 Å². The van der Waals surface area contributed by atoms with Crippen molar-refractivity contribution in [3.8, 4) is 5.75 Å². The average molecular weight is 393 g/mol. The number of carbonyl (C=O) groups is 2. The molecule has 0 radical (unpaired) electrons. The van der Waals surface area contributed by atoms with E-state index in [0.717, 1.165) is 16.4 Å². The summed E-state index contributed by atoms with van der Waals surface area (Å²) in [6.07, 6.45) is -1.04. The second-order valence-corrected chi connectivity index (χ2v) is 6.59. The van der Waals surface area contributed by atoms with E-state index < -0.39 is 18.0 Å². The first-order valence-electron chi connectivity index (χ1n) is 9.04. The second kappa shape index (κ2) is 7.35. The molecule has 2 aromatic carbocycles. The standard InChI is InChI=1S/C22H19NO6/c1-12-8-9-18(27-12)22(25)28-13(2)21(24)23-16-11-19-15(10-20(16)26-3)14-6-4-5-7-17(14)29-19/h4-11,13H,1-3H3,(H,23,24). The van der Waals surface area contributed by atoms with Crippen LogP contribution in [-0.4, -0.2) is 25.1 Å². The van der Waals surface area contributed by atoms with Gasteiger partial charge in [0, 0.05) is 16.8 Å². The molecule has 0 spiro atoms. The van der Waals surface area contributed by atoms with Gasteiger partial charge in [0.15, 0.2) is 6.10 Å². The number of fused-ring (bicyclic) bond motifs is 3. The van der Waals surface area contributed by atoms with Gasteiger partial charge in [-0.1, -0.05) is 18.2 Å². The van der Waals surface area contributed by atoms with Crippen molar-refractivity contribution in [3.63, 3.8) is 0 Å². The molecule has 4 rings (SSSR count). The number of para-hydroxylation sites is 1. The molecule has 1 amide bonds. The Balaban J connectivity index is 1.56. The first kappa shape index (κ1) is 18.6. The van der Waals surface area contributed by atoms with Crippen LogP contribution in [0.3, 0.4) is 0 Å². The number of esters is 1. The lowest BCUT2D eigenvalue weighted by Crippen LogP contribution is -2.30. The zero-order valence-corrected chi connectivity index (χ0v) is 16.1. The van der Waals surface area contributed by atoms with Gasteiger partial charge in [-0.15, -0.1) is 0 Å². The average Bonchev–Trinajstić information content (AvgIpc) is 3.30. The summed E-state index contributed by atoms with van der Waals surface area (Å²) in [5.74, 6) is -0.116. The van der Waals surface area contributed by atoms with Gasteiger partial charge in [-0.2, -0.15) is 0 Å². The Morgan fingerprint density at radius 2 is 1.79 bits per heavy atom. The molecule has 0 aliphatic heterocycles. The molecule has 4 aromatic rings. The lowest BCUT2D eigenvalue weighted by molar-refractivity contribution is -0.123. The molecule has 29 heavy (non-hydrogen) atoms. The van der Waals surface area contributed by atoms with E-state index in [4.69, 9.17) is 18.3 Å². The fourth-order valence-corrected chi connectivity index (χ4v) is 3.07. The lowest BCUT2D eigenvalue weighted by atomic mass is 10.1. The molecule has 7 nitrogen and oxygen atoms in total. The largest absolute Gasteiger partial charge is 0.495 e. The van der Waals surface area contributed by atoms with Crippen LogP contribution in [-0.2, 0) is 9.53 Å². The van der Waals surface area contributed by atoms with Crippen molar-refractivity contribution >= 4 is 39.5 Å². The summed E-state index contributed by atoms with van der Waals surface area (Å²) < 4.78 is 21.7. The maximum absolute atomic E-state index is 12.6. The van der Waals surface area contributed by atoms with Gasteiger partial charge in [0.2, 0.25) is 5.76 Å². The Hall–Kier alpha value is -3.74. The molecule has 0 saturated heterocycles. The summed E-state index contributed by atoms with van der Waals surface area (Å²) in [4.78, 5) is 24.6. The van der Waals surface area contributed by atoms with Crippen LogP contribution in [0.1, 0.15) is 23.2 Å². The van der Waals surface area contributed by atoms with Crippen molar-refractivity contribution in [2.45, 2.75) is 20.0 Å². The highest BCUT2D eigenvalue weighted by molar-refractivity contribution is 6.08. The van der Waals surface area contributed by atoms with Crippen LogP contribution < -0.4 is 10.1 Å². The molecule has 7 heteroatoms. The summed E-state index contributed by atoms with van der Waals surface area (Å²) in [6.45, 7) is 3.20. The van der Waals surface area contributed by atoms with Gasteiger partial charge < -0.3 is 23.6 Å². The fourth-order valence-electron chi connectivity index (χ4n) is 3.07. The number of amides is 1. The fraction of sp³-hybridized carbons (Fsp3) is 0.182. The van der Waals surface area contributed by atoms with Gasteiger partial charge in [0.1, 0.15) is 22.7 Å². The molecule has 0 bridgehead atoms. The molecule has 0 saturated carbocycles. The zero-order chi connectivity index (χ0) is 20.5. The van der Waals surface area contributed by atoms with Crippen LogP contribution in [0.4, 0.5) is 5.69 Å². The third kappa shape index (κ3) is 3.54. The highest BCUT2D eigenvalue weighted by atomic mass is 16.6. The number of ether oxygens (including phenoxy) is 2. The predicted octanol–water partition coefficient (Wildman–Crippen LogP) is 4.68. The Bertz CT molecular complexity index is 1220. The molecule has 1 N–H and O–H groups in total. The number of benzene rings is 2. The maximum Gasteiger partial charge on any atom is 0.375 e. The molecular weight excluding hydrogens is 374 g/mol. The predicted molar refractivity (Wildman–Crippen MR) is 107 cm³/mol. The van der Waals surface area contributed by atoms with Crippen molar-refractivity contribution in [2.24, 2.45) is 0 Å². The first-order chi connectivity index (χ1) is 14.0. The number of hydrogen-bond acceptors (Lipinski definition) is 6. The highest BCUT2D eigenvalue weighted by Gasteiger charge is 2.22. The first-order valence-corrected chi connectivity index (χ1v) is 9.04. The van der Waals surface area contributed by atoms with Gasteiger partial charge >= 0.3 is 5.97 Å². The molecular formula is C22H19NO6. The Morgan fingerprint density at radius 1 is 1.00 bits per heavy atom. The number of carbonyl (C=O) groups excluding carboxylic acids is 2. The highest BCUT2D eigenvalue weighted by Crippen LogP contribution is 2.36. The minimum atomic E-state index is -1.04. The van der Waals surface area contributed by atoms with Crippen molar-refractivity contribution < 1.29 is 27.9 Å². The van der Waals surface area contributed by atoms with E-state index >= 15 is 0 Å². The molecule has 2 aromatic heterocycles. The lowest BCUT2D eigenvalue weighted by Gasteiger charge is -2.14. The van der Waals surface area contributed by atoms with Gasteiger partial charge in [0.25, 0.3) is 5.91 Å². The SMILES string of the molecule is COc1cc2c(cc1NC(=O)C(C)OC(=O)c1ccc(C)o1)oc1ccccc12. The van der Waals surface area contributed by atoms with Crippen LogP contribution in [0.2, 0.25) is 0 Å². The van der Waals surface area contributed by atoms with Crippen LogP contribution in [0.25, 0.3) is 21.9 Å². The van der Waals surface area contributed by atoms with Crippen molar-refractivity contribution in [1.82, 2.24) is 0 Å². The van der Waals surface area contributed by atoms with Gasteiger partial charge in [-0.3, -0.25) is 4.79 Å². The molecule has 148 valence electrons. The number of hydrogen-bond donors (Lipinski definition) is 1. The summed E-state index contributed by atoms with van der Waals surface area (Å²) >= 11 is 0. The Kier molecular flexibility index (Phi) is 4.72. The molecule has 1 atom stereocenters. The number of nitrogens with one attached hydrogen (secondary N) is 1. The Labute approximate surface area is 166 Å². The second-order valence-electron chi connectivity index (χ2n) is 6.59. The van der Waals surface area contributed by atoms with E-state index in [1.807, 2.05) is 24.3 Å². The molecule has 0 aliphatic rings. The van der Waals surface area contributed by atoms with Gasteiger partial charge in [0.05, 0.1) is 12.8 Å². The molecule has 0 aliphatic carbocycles. The maximum atomic E-state index is 12.6. The third-order valence-electron chi connectivity index (χ3n) is 4.55. The number of furan rings is 2.